The molecule has 1 fully saturated rings. The Kier molecular flexibility index (Phi) is 5.88. The van der Waals surface area contributed by atoms with Crippen LogP contribution in [0.3, 0.4) is 0 Å². The van der Waals surface area contributed by atoms with Crippen LogP contribution >= 0.6 is 12.4 Å². The molecule has 1 amide bonds. The second kappa shape index (κ2) is 7.02. The second-order valence-electron chi connectivity index (χ2n) is 4.70. The van der Waals surface area contributed by atoms with Gasteiger partial charge in [-0.2, -0.15) is 0 Å². The quantitative estimate of drug-likeness (QED) is 0.890. The Morgan fingerprint density at radius 2 is 1.86 bits per heavy atom. The largest absolute Gasteiger partial charge is 0.491 e. The van der Waals surface area contributed by atoms with Crippen molar-refractivity contribution in [2.45, 2.75) is 18.4 Å². The number of benzene rings is 1. The van der Waals surface area contributed by atoms with Crippen molar-refractivity contribution >= 4 is 24.0 Å². The maximum Gasteiger partial charge on any atom is 0.244 e. The molecule has 0 aliphatic carbocycles. The lowest BCUT2D eigenvalue weighted by molar-refractivity contribution is -0.124. The number of amides is 1. The summed E-state index contributed by atoms with van der Waals surface area (Å²) in [5, 5.41) is 2.43. The molecule has 1 aromatic carbocycles. The van der Waals surface area contributed by atoms with Crippen LogP contribution in [0, 0.1) is 11.6 Å². The summed E-state index contributed by atoms with van der Waals surface area (Å²) in [4.78, 5) is 12.1. The molecule has 0 atom stereocenters. The number of hydrogen-bond acceptors (Lipinski definition) is 4. The Morgan fingerprint density at radius 3 is 2.33 bits per heavy atom. The van der Waals surface area contributed by atoms with E-state index in [1.54, 1.807) is 0 Å². The topological polar surface area (TPSA) is 73.6 Å². The third kappa shape index (κ3) is 3.81. The van der Waals surface area contributed by atoms with E-state index < -0.39 is 28.8 Å². The molecule has 1 aliphatic heterocycles. The van der Waals surface area contributed by atoms with E-state index >= 15 is 0 Å². The minimum absolute atomic E-state index is 0. The smallest absolute Gasteiger partial charge is 0.244 e. The Hall–Kier alpha value is -1.44. The summed E-state index contributed by atoms with van der Waals surface area (Å²) in [5.41, 5.74) is 4.90. The van der Waals surface area contributed by atoms with Gasteiger partial charge in [0.25, 0.3) is 0 Å². The average molecular weight is 323 g/mol. The van der Waals surface area contributed by atoms with Gasteiger partial charge < -0.3 is 20.5 Å². The lowest BCUT2D eigenvalue weighted by atomic mass is 9.90. The third-order valence-electron chi connectivity index (χ3n) is 3.30. The van der Waals surface area contributed by atoms with E-state index in [-0.39, 0.29) is 18.1 Å². The summed E-state index contributed by atoms with van der Waals surface area (Å²) >= 11 is 0. The van der Waals surface area contributed by atoms with Gasteiger partial charge in [-0.15, -0.1) is 12.4 Å². The van der Waals surface area contributed by atoms with Crippen LogP contribution < -0.4 is 15.8 Å². The molecule has 1 saturated heterocycles. The number of carbonyl (C=O) groups excluding carboxylic acids is 1. The van der Waals surface area contributed by atoms with Crippen molar-refractivity contribution in [3.63, 3.8) is 0 Å². The van der Waals surface area contributed by atoms with Crippen molar-refractivity contribution in [2.24, 2.45) is 5.73 Å². The molecular weight excluding hydrogens is 306 g/mol. The van der Waals surface area contributed by atoms with Gasteiger partial charge in [0, 0.05) is 31.0 Å². The lowest BCUT2D eigenvalue weighted by Crippen LogP contribution is -2.54. The van der Waals surface area contributed by atoms with Gasteiger partial charge >= 0.3 is 0 Å². The Bertz CT molecular complexity index is 499. The van der Waals surface area contributed by atoms with Crippen LogP contribution in [0.15, 0.2) is 12.1 Å². The number of hydrogen-bond donors (Lipinski definition) is 2. The van der Waals surface area contributed by atoms with Crippen LogP contribution in [-0.2, 0) is 9.53 Å². The van der Waals surface area contributed by atoms with Gasteiger partial charge in [0.05, 0.1) is 7.11 Å². The van der Waals surface area contributed by atoms with Crippen LogP contribution in [0.25, 0.3) is 0 Å². The Labute approximate surface area is 127 Å². The number of nitrogens with two attached hydrogens (primary N) is 1. The zero-order chi connectivity index (χ0) is 14.8. The Morgan fingerprint density at radius 1 is 1.33 bits per heavy atom. The van der Waals surface area contributed by atoms with E-state index in [0.717, 1.165) is 19.2 Å². The predicted molar refractivity (Wildman–Crippen MR) is 75.8 cm³/mol. The molecule has 1 aromatic rings. The minimum Gasteiger partial charge on any atom is -0.491 e. The van der Waals surface area contributed by atoms with E-state index in [2.05, 4.69) is 10.1 Å². The van der Waals surface area contributed by atoms with Gasteiger partial charge in [-0.05, 0) is 12.8 Å². The molecule has 1 heterocycles. The zero-order valence-corrected chi connectivity index (χ0v) is 12.3. The normalized spacial score (nSPS) is 16.8. The summed E-state index contributed by atoms with van der Waals surface area (Å²) in [5.74, 6) is -2.75. The maximum absolute atomic E-state index is 13.5. The van der Waals surface area contributed by atoms with E-state index in [1.807, 2.05) is 0 Å². The van der Waals surface area contributed by atoms with Crippen molar-refractivity contribution < 1.29 is 23.0 Å². The van der Waals surface area contributed by atoms with Gasteiger partial charge in [-0.25, -0.2) is 8.78 Å². The fraction of sp³-hybridized carbons (Fsp3) is 0.462. The first kappa shape index (κ1) is 17.6. The molecule has 0 aromatic heterocycles. The number of nitrogens with one attached hydrogen (secondary N) is 1. The molecule has 0 spiro atoms. The third-order valence-corrected chi connectivity index (χ3v) is 3.30. The van der Waals surface area contributed by atoms with Gasteiger partial charge in [-0.1, -0.05) is 0 Å². The van der Waals surface area contributed by atoms with Crippen molar-refractivity contribution in [2.75, 3.05) is 25.6 Å². The van der Waals surface area contributed by atoms with Gasteiger partial charge in [0.2, 0.25) is 5.91 Å². The highest BCUT2D eigenvalue weighted by atomic mass is 35.5. The minimum atomic E-state index is -1.08. The number of ether oxygens (including phenoxy) is 2. The number of anilines is 1. The lowest BCUT2D eigenvalue weighted by Gasteiger charge is -2.31. The molecule has 3 N–H and O–H groups in total. The van der Waals surface area contributed by atoms with Crippen LogP contribution in [0.2, 0.25) is 0 Å². The molecule has 0 radical (unpaired) electrons. The van der Waals surface area contributed by atoms with E-state index in [4.69, 9.17) is 10.5 Å². The van der Waals surface area contributed by atoms with Crippen molar-refractivity contribution in [3.8, 4) is 5.75 Å². The molecular formula is C13H17ClF2N2O3. The van der Waals surface area contributed by atoms with Gasteiger partial charge in [0.1, 0.15) is 5.54 Å². The fourth-order valence-electron chi connectivity index (χ4n) is 2.05. The summed E-state index contributed by atoms with van der Waals surface area (Å²) in [6.07, 6.45) is 0.722. The fourth-order valence-corrected chi connectivity index (χ4v) is 2.05. The number of carbonyl (C=O) groups is 1. The molecule has 5 nitrogen and oxygen atoms in total. The molecule has 1 aliphatic rings. The first-order chi connectivity index (χ1) is 9.46. The summed E-state index contributed by atoms with van der Waals surface area (Å²) in [7, 11) is 1.16. The Balaban J connectivity index is 0.00000220. The van der Waals surface area contributed by atoms with Crippen LogP contribution in [0.4, 0.5) is 14.5 Å². The van der Waals surface area contributed by atoms with E-state index in [9.17, 15) is 13.6 Å². The molecule has 0 saturated carbocycles. The predicted octanol–water partition coefficient (Wildman–Crippen LogP) is 1.84. The first-order valence-electron chi connectivity index (χ1n) is 6.17. The summed E-state index contributed by atoms with van der Waals surface area (Å²) in [6.45, 7) is 0.768. The van der Waals surface area contributed by atoms with Crippen LogP contribution in [-0.4, -0.2) is 31.8 Å². The molecule has 8 heteroatoms. The van der Waals surface area contributed by atoms with Gasteiger partial charge in [0.15, 0.2) is 17.4 Å². The monoisotopic (exact) mass is 322 g/mol. The zero-order valence-electron chi connectivity index (χ0n) is 11.4. The average Bonchev–Trinajstić information content (AvgIpc) is 2.39. The van der Waals surface area contributed by atoms with Crippen LogP contribution in [0.1, 0.15) is 12.8 Å². The summed E-state index contributed by atoms with van der Waals surface area (Å²) < 4.78 is 36.8. The van der Waals surface area contributed by atoms with Crippen LogP contribution in [0.5, 0.6) is 5.75 Å². The van der Waals surface area contributed by atoms with Crippen molar-refractivity contribution in [1.29, 1.82) is 0 Å². The standard InChI is InChI=1S/C13H16F2N2O3.ClH/c1-19-11-9(14)6-8(7-10(11)15)17-12(18)13(16)2-4-20-5-3-13;/h6-7H,2-5,16H2,1H3,(H,17,18);1H. The first-order valence-corrected chi connectivity index (χ1v) is 6.17. The molecule has 118 valence electrons. The highest BCUT2D eigenvalue weighted by Gasteiger charge is 2.36. The number of methoxy groups -OCH3 is 1. The van der Waals surface area contributed by atoms with E-state index in [0.29, 0.717) is 26.1 Å². The maximum atomic E-state index is 13.5. The highest BCUT2D eigenvalue weighted by molar-refractivity contribution is 5.98. The highest BCUT2D eigenvalue weighted by Crippen LogP contribution is 2.26. The number of rotatable bonds is 3. The molecule has 0 bridgehead atoms. The van der Waals surface area contributed by atoms with E-state index in [1.165, 1.54) is 0 Å². The molecule has 2 rings (SSSR count). The number of halogens is 3. The van der Waals surface area contributed by atoms with Gasteiger partial charge in [-0.3, -0.25) is 4.79 Å². The molecule has 0 unspecified atom stereocenters. The SMILES string of the molecule is COc1c(F)cc(NC(=O)C2(N)CCOCC2)cc1F.Cl. The van der Waals surface area contributed by atoms with Crippen molar-refractivity contribution in [3.05, 3.63) is 23.8 Å². The molecule has 21 heavy (non-hydrogen) atoms. The van der Waals surface area contributed by atoms with Crippen molar-refractivity contribution in [1.82, 2.24) is 0 Å². The second-order valence-corrected chi connectivity index (χ2v) is 4.70. The summed E-state index contributed by atoms with van der Waals surface area (Å²) in [6, 6.07) is 1.98.